The van der Waals surface area contributed by atoms with E-state index in [4.69, 9.17) is 11.6 Å². The second-order valence-electron chi connectivity index (χ2n) is 5.28. The van der Waals surface area contributed by atoms with Gasteiger partial charge in [0, 0.05) is 5.38 Å². The number of fused-ring (bicyclic) bond motifs is 1. The van der Waals surface area contributed by atoms with Crippen LogP contribution in [0, 0.1) is 5.92 Å². The zero-order valence-corrected chi connectivity index (χ0v) is 11.1. The van der Waals surface area contributed by atoms with Crippen LogP contribution in [0.5, 0.6) is 0 Å². The van der Waals surface area contributed by atoms with Crippen LogP contribution in [0.1, 0.15) is 43.4 Å². The molecule has 0 heterocycles. The predicted octanol–water partition coefficient (Wildman–Crippen LogP) is 4.37. The fourth-order valence-electron chi connectivity index (χ4n) is 2.79. The minimum absolute atomic E-state index is 0.296. The van der Waals surface area contributed by atoms with E-state index < -0.39 is 0 Å². The topological polar surface area (TPSA) is 0 Å². The molecule has 1 aliphatic carbocycles. The van der Waals surface area contributed by atoms with Gasteiger partial charge in [-0.25, -0.2) is 0 Å². The van der Waals surface area contributed by atoms with Crippen molar-refractivity contribution < 1.29 is 0 Å². The summed E-state index contributed by atoms with van der Waals surface area (Å²) in [6.45, 7) is 4.38. The van der Waals surface area contributed by atoms with Crippen LogP contribution in [0.25, 0.3) is 0 Å². The van der Waals surface area contributed by atoms with Crippen LogP contribution in [0.4, 0.5) is 0 Å². The molecular weight excluding hydrogens is 216 g/mol. The van der Waals surface area contributed by atoms with Crippen molar-refractivity contribution in [1.82, 2.24) is 0 Å². The van der Waals surface area contributed by atoms with Crippen LogP contribution < -0.4 is 0 Å². The van der Waals surface area contributed by atoms with Gasteiger partial charge in [-0.2, -0.15) is 0 Å². The second-order valence-corrected chi connectivity index (χ2v) is 6.03. The molecule has 0 aromatic heterocycles. The van der Waals surface area contributed by atoms with Gasteiger partial charge in [0.15, 0.2) is 0 Å². The number of hydrogen-bond acceptors (Lipinski definition) is 0. The van der Waals surface area contributed by atoms with Crippen molar-refractivity contribution in [3.63, 3.8) is 0 Å². The largest absolute Gasteiger partial charge is 0.123 e. The van der Waals surface area contributed by atoms with Gasteiger partial charge in [-0.05, 0) is 61.6 Å². The van der Waals surface area contributed by atoms with E-state index >= 15 is 0 Å². The summed E-state index contributed by atoms with van der Waals surface area (Å²) in [6, 6.07) is 7.05. The van der Waals surface area contributed by atoms with Gasteiger partial charge in [0.25, 0.3) is 0 Å². The summed E-state index contributed by atoms with van der Waals surface area (Å²) in [6.07, 6.45) is 6.18. The number of benzene rings is 1. The van der Waals surface area contributed by atoms with Gasteiger partial charge in [-0.15, -0.1) is 11.6 Å². The van der Waals surface area contributed by atoms with E-state index in [9.17, 15) is 0 Å². The van der Waals surface area contributed by atoms with E-state index in [0.717, 1.165) is 6.42 Å². The first kappa shape index (κ1) is 12.0. The van der Waals surface area contributed by atoms with E-state index in [-0.39, 0.29) is 0 Å². The number of halogens is 1. The van der Waals surface area contributed by atoms with Gasteiger partial charge in [0.2, 0.25) is 0 Å². The van der Waals surface area contributed by atoms with Crippen molar-refractivity contribution in [2.75, 3.05) is 0 Å². The molecule has 0 fully saturated rings. The molecule has 16 heavy (non-hydrogen) atoms. The Bertz CT molecular complexity index is 354. The maximum atomic E-state index is 6.03. The van der Waals surface area contributed by atoms with Gasteiger partial charge >= 0.3 is 0 Å². The second kappa shape index (κ2) is 5.23. The van der Waals surface area contributed by atoms with Crippen molar-refractivity contribution >= 4 is 11.6 Å². The molecule has 0 N–H and O–H groups in total. The van der Waals surface area contributed by atoms with E-state index in [0.29, 0.717) is 11.3 Å². The lowest BCUT2D eigenvalue weighted by molar-refractivity contribution is 0.526. The standard InChI is InChI=1S/C15H21Cl/c1-11(8-12(2)16)9-13-6-7-14-4-3-5-15(14)10-13/h6-7,10-12H,3-5,8-9H2,1-2H3. The van der Waals surface area contributed by atoms with Gasteiger partial charge in [-0.3, -0.25) is 0 Å². The van der Waals surface area contributed by atoms with Crippen LogP contribution in [0.3, 0.4) is 0 Å². The average Bonchev–Trinajstić information content (AvgIpc) is 2.63. The van der Waals surface area contributed by atoms with Crippen molar-refractivity contribution in [1.29, 1.82) is 0 Å². The molecule has 1 aliphatic rings. The molecule has 0 amide bonds. The Balaban J connectivity index is 1.99. The van der Waals surface area contributed by atoms with Crippen molar-refractivity contribution in [3.05, 3.63) is 34.9 Å². The summed E-state index contributed by atoms with van der Waals surface area (Å²) in [4.78, 5) is 0. The number of hydrogen-bond donors (Lipinski definition) is 0. The summed E-state index contributed by atoms with van der Waals surface area (Å²) in [5, 5.41) is 0.296. The first-order valence-corrected chi connectivity index (χ1v) is 6.83. The third-order valence-electron chi connectivity index (χ3n) is 3.47. The number of alkyl halides is 1. The van der Waals surface area contributed by atoms with E-state index in [1.807, 2.05) is 0 Å². The quantitative estimate of drug-likeness (QED) is 0.681. The minimum atomic E-state index is 0.296. The molecule has 1 heteroatoms. The van der Waals surface area contributed by atoms with E-state index in [2.05, 4.69) is 32.0 Å². The highest BCUT2D eigenvalue weighted by Gasteiger charge is 2.12. The molecule has 0 radical (unpaired) electrons. The summed E-state index contributed by atoms with van der Waals surface area (Å²) < 4.78 is 0. The highest BCUT2D eigenvalue weighted by Crippen LogP contribution is 2.24. The molecule has 2 rings (SSSR count). The first-order valence-electron chi connectivity index (χ1n) is 6.40. The van der Waals surface area contributed by atoms with Gasteiger partial charge < -0.3 is 0 Å². The molecule has 0 bridgehead atoms. The Morgan fingerprint density at radius 3 is 2.69 bits per heavy atom. The normalized spacial score (nSPS) is 18.2. The molecule has 0 spiro atoms. The van der Waals surface area contributed by atoms with Crippen LogP contribution in [-0.2, 0) is 19.3 Å². The molecule has 0 nitrogen and oxygen atoms in total. The summed E-state index contributed by atoms with van der Waals surface area (Å²) in [5.74, 6) is 0.687. The summed E-state index contributed by atoms with van der Waals surface area (Å²) in [5.41, 5.74) is 4.65. The SMILES string of the molecule is CC(Cl)CC(C)Cc1ccc2c(c1)CCC2. The lowest BCUT2D eigenvalue weighted by atomic mass is 9.95. The molecule has 88 valence electrons. The molecule has 0 saturated carbocycles. The lowest BCUT2D eigenvalue weighted by Crippen LogP contribution is -2.05. The predicted molar refractivity (Wildman–Crippen MR) is 71.3 cm³/mol. The van der Waals surface area contributed by atoms with E-state index in [1.54, 1.807) is 11.1 Å². The molecule has 1 aromatic carbocycles. The number of aryl methyl sites for hydroxylation is 2. The summed E-state index contributed by atoms with van der Waals surface area (Å²) >= 11 is 6.03. The molecule has 2 atom stereocenters. The van der Waals surface area contributed by atoms with Crippen LogP contribution in [-0.4, -0.2) is 5.38 Å². The zero-order chi connectivity index (χ0) is 11.5. The smallest absolute Gasteiger partial charge is 0.0310 e. The Kier molecular flexibility index (Phi) is 3.91. The molecule has 0 saturated heterocycles. The maximum Gasteiger partial charge on any atom is 0.0310 e. The fourth-order valence-corrected chi connectivity index (χ4v) is 3.10. The monoisotopic (exact) mass is 236 g/mol. The third kappa shape index (κ3) is 3.01. The highest BCUT2D eigenvalue weighted by atomic mass is 35.5. The van der Waals surface area contributed by atoms with Crippen LogP contribution in [0.15, 0.2) is 18.2 Å². The van der Waals surface area contributed by atoms with Gasteiger partial charge in [0.05, 0.1) is 0 Å². The Hall–Kier alpha value is -0.490. The highest BCUT2D eigenvalue weighted by molar-refractivity contribution is 6.20. The lowest BCUT2D eigenvalue weighted by Gasteiger charge is -2.13. The minimum Gasteiger partial charge on any atom is -0.123 e. The Labute approximate surface area is 104 Å². The Morgan fingerprint density at radius 2 is 1.94 bits per heavy atom. The van der Waals surface area contributed by atoms with Crippen LogP contribution in [0.2, 0.25) is 0 Å². The molecule has 0 aliphatic heterocycles. The van der Waals surface area contributed by atoms with Crippen molar-refractivity contribution in [2.24, 2.45) is 5.92 Å². The van der Waals surface area contributed by atoms with E-state index in [1.165, 1.54) is 31.2 Å². The third-order valence-corrected chi connectivity index (χ3v) is 3.65. The van der Waals surface area contributed by atoms with Gasteiger partial charge in [0.1, 0.15) is 0 Å². The average molecular weight is 237 g/mol. The number of rotatable bonds is 4. The first-order chi connectivity index (χ1) is 7.65. The Morgan fingerprint density at radius 1 is 1.19 bits per heavy atom. The zero-order valence-electron chi connectivity index (χ0n) is 10.3. The van der Waals surface area contributed by atoms with Crippen molar-refractivity contribution in [2.45, 2.75) is 51.3 Å². The maximum absolute atomic E-state index is 6.03. The summed E-state index contributed by atoms with van der Waals surface area (Å²) in [7, 11) is 0. The molecule has 1 aromatic rings. The fraction of sp³-hybridized carbons (Fsp3) is 0.600. The van der Waals surface area contributed by atoms with Gasteiger partial charge in [-0.1, -0.05) is 25.1 Å². The molecular formula is C15H21Cl. The molecule has 2 unspecified atom stereocenters. The van der Waals surface area contributed by atoms with Crippen molar-refractivity contribution in [3.8, 4) is 0 Å². The van der Waals surface area contributed by atoms with Crippen LogP contribution >= 0.6 is 11.6 Å².